The Morgan fingerprint density at radius 3 is 2.67 bits per heavy atom. The van der Waals surface area contributed by atoms with Crippen molar-refractivity contribution in [3.8, 4) is 0 Å². The minimum absolute atomic E-state index is 0.0444. The Kier molecular flexibility index (Phi) is 6.14. The van der Waals surface area contributed by atoms with E-state index in [1.54, 1.807) is 26.4 Å². The highest BCUT2D eigenvalue weighted by atomic mass is 16.2. The van der Waals surface area contributed by atoms with Crippen LogP contribution in [0.5, 0.6) is 0 Å². The average molecular weight is 251 g/mol. The van der Waals surface area contributed by atoms with Crippen LogP contribution in [-0.2, 0) is 0 Å². The van der Waals surface area contributed by atoms with Gasteiger partial charge in [-0.1, -0.05) is 0 Å². The van der Waals surface area contributed by atoms with E-state index in [9.17, 15) is 4.79 Å². The first-order chi connectivity index (χ1) is 8.65. The number of rotatable bonds is 7. The fourth-order valence-electron chi connectivity index (χ4n) is 1.51. The predicted octanol–water partition coefficient (Wildman–Crippen LogP) is 1.36. The number of carbonyl (C=O) groups excluding carboxylic acids is 1. The summed E-state index contributed by atoms with van der Waals surface area (Å²) in [6.07, 6.45) is 4.42. The number of aromatic nitrogens is 1. The first kappa shape index (κ1) is 14.4. The van der Waals surface area contributed by atoms with Gasteiger partial charge in [-0.05, 0) is 31.4 Å². The molecule has 0 aliphatic carbocycles. The SMILES string of the molecule is CN(C)C(=O)c1ccc(NCCCCCO)nc1. The van der Waals surface area contributed by atoms with Crippen molar-refractivity contribution in [1.29, 1.82) is 0 Å². The van der Waals surface area contributed by atoms with Crippen molar-refractivity contribution in [3.05, 3.63) is 23.9 Å². The monoisotopic (exact) mass is 251 g/mol. The molecule has 1 aromatic rings. The maximum absolute atomic E-state index is 11.6. The van der Waals surface area contributed by atoms with E-state index < -0.39 is 0 Å². The molecule has 0 aromatic carbocycles. The highest BCUT2D eigenvalue weighted by Crippen LogP contribution is 2.07. The number of nitrogens with zero attached hydrogens (tertiary/aromatic N) is 2. The van der Waals surface area contributed by atoms with Gasteiger partial charge in [-0.3, -0.25) is 4.79 Å². The number of nitrogens with one attached hydrogen (secondary N) is 1. The topological polar surface area (TPSA) is 65.5 Å². The van der Waals surface area contributed by atoms with E-state index >= 15 is 0 Å². The Balaban J connectivity index is 2.38. The molecule has 0 aliphatic heterocycles. The number of hydrogen-bond donors (Lipinski definition) is 2. The number of aliphatic hydroxyl groups excluding tert-OH is 1. The Bertz CT molecular complexity index is 363. The van der Waals surface area contributed by atoms with Crippen LogP contribution in [-0.4, -0.2) is 48.1 Å². The molecule has 1 heterocycles. The zero-order valence-corrected chi connectivity index (χ0v) is 11.0. The standard InChI is InChI=1S/C13H21N3O2/c1-16(2)13(18)11-6-7-12(15-10-11)14-8-4-3-5-9-17/h6-7,10,17H,3-5,8-9H2,1-2H3,(H,14,15). The van der Waals surface area contributed by atoms with E-state index in [0.717, 1.165) is 31.6 Å². The van der Waals surface area contributed by atoms with Gasteiger partial charge in [-0.15, -0.1) is 0 Å². The fourth-order valence-corrected chi connectivity index (χ4v) is 1.51. The maximum Gasteiger partial charge on any atom is 0.254 e. The number of unbranched alkanes of at least 4 members (excludes halogenated alkanes) is 2. The molecule has 5 heteroatoms. The zero-order valence-electron chi connectivity index (χ0n) is 11.0. The highest BCUT2D eigenvalue weighted by molar-refractivity contribution is 5.93. The van der Waals surface area contributed by atoms with Crippen molar-refractivity contribution in [2.45, 2.75) is 19.3 Å². The highest BCUT2D eigenvalue weighted by Gasteiger charge is 2.07. The van der Waals surface area contributed by atoms with Crippen molar-refractivity contribution in [1.82, 2.24) is 9.88 Å². The summed E-state index contributed by atoms with van der Waals surface area (Å²) in [6.45, 7) is 1.08. The van der Waals surface area contributed by atoms with Crippen molar-refractivity contribution in [3.63, 3.8) is 0 Å². The lowest BCUT2D eigenvalue weighted by Gasteiger charge is -2.10. The molecule has 100 valence electrons. The normalized spacial score (nSPS) is 10.2. The van der Waals surface area contributed by atoms with E-state index in [-0.39, 0.29) is 12.5 Å². The fraction of sp³-hybridized carbons (Fsp3) is 0.538. The molecule has 1 amide bonds. The lowest BCUT2D eigenvalue weighted by molar-refractivity contribution is 0.0827. The van der Waals surface area contributed by atoms with Crippen LogP contribution < -0.4 is 5.32 Å². The summed E-state index contributed by atoms with van der Waals surface area (Å²) in [6, 6.07) is 3.58. The third kappa shape index (κ3) is 4.71. The summed E-state index contributed by atoms with van der Waals surface area (Å²) in [5, 5.41) is 11.8. The molecule has 0 unspecified atom stereocenters. The molecule has 0 atom stereocenters. The van der Waals surface area contributed by atoms with Crippen LogP contribution in [0.1, 0.15) is 29.6 Å². The zero-order chi connectivity index (χ0) is 13.4. The number of pyridine rings is 1. The first-order valence-electron chi connectivity index (χ1n) is 6.17. The third-order valence-electron chi connectivity index (χ3n) is 2.56. The Labute approximate surface area is 108 Å². The van der Waals surface area contributed by atoms with E-state index in [1.165, 1.54) is 4.90 Å². The minimum atomic E-state index is -0.0444. The lowest BCUT2D eigenvalue weighted by atomic mass is 10.2. The largest absolute Gasteiger partial charge is 0.396 e. The van der Waals surface area contributed by atoms with E-state index in [4.69, 9.17) is 5.11 Å². The van der Waals surface area contributed by atoms with E-state index in [1.807, 2.05) is 6.07 Å². The van der Waals surface area contributed by atoms with Crippen molar-refractivity contribution in [2.75, 3.05) is 32.6 Å². The quantitative estimate of drug-likeness (QED) is 0.718. The molecule has 0 bridgehead atoms. The molecule has 0 radical (unpaired) electrons. The van der Waals surface area contributed by atoms with Crippen molar-refractivity contribution < 1.29 is 9.90 Å². The summed E-state index contributed by atoms with van der Waals surface area (Å²) in [7, 11) is 3.44. The van der Waals surface area contributed by atoms with E-state index in [2.05, 4.69) is 10.3 Å². The number of anilines is 1. The molecule has 0 saturated carbocycles. The van der Waals surface area contributed by atoms with Gasteiger partial charge >= 0.3 is 0 Å². The van der Waals surface area contributed by atoms with Gasteiger partial charge in [-0.25, -0.2) is 4.98 Å². The van der Waals surface area contributed by atoms with Crippen LogP contribution in [0, 0.1) is 0 Å². The van der Waals surface area contributed by atoms with Crippen LogP contribution in [0.25, 0.3) is 0 Å². The Morgan fingerprint density at radius 2 is 2.11 bits per heavy atom. The summed E-state index contributed by atoms with van der Waals surface area (Å²) >= 11 is 0. The van der Waals surface area contributed by atoms with Gasteiger partial charge in [0.25, 0.3) is 5.91 Å². The second-order valence-electron chi connectivity index (χ2n) is 4.34. The molecular weight excluding hydrogens is 230 g/mol. The second kappa shape index (κ2) is 7.66. The minimum Gasteiger partial charge on any atom is -0.396 e. The molecule has 2 N–H and O–H groups in total. The summed E-state index contributed by atoms with van der Waals surface area (Å²) in [5.74, 6) is 0.728. The molecule has 0 saturated heterocycles. The molecular formula is C13H21N3O2. The van der Waals surface area contributed by atoms with Crippen LogP contribution >= 0.6 is 0 Å². The van der Waals surface area contributed by atoms with Crippen LogP contribution in [0.15, 0.2) is 18.3 Å². The van der Waals surface area contributed by atoms with Gasteiger partial charge in [0, 0.05) is 33.4 Å². The molecule has 0 fully saturated rings. The third-order valence-corrected chi connectivity index (χ3v) is 2.56. The molecule has 18 heavy (non-hydrogen) atoms. The van der Waals surface area contributed by atoms with Gasteiger partial charge in [0.05, 0.1) is 5.56 Å². The molecule has 0 spiro atoms. The van der Waals surface area contributed by atoms with Gasteiger partial charge in [0.1, 0.15) is 5.82 Å². The van der Waals surface area contributed by atoms with Gasteiger partial charge in [0.15, 0.2) is 0 Å². The molecule has 5 nitrogen and oxygen atoms in total. The van der Waals surface area contributed by atoms with Crippen LogP contribution in [0.2, 0.25) is 0 Å². The first-order valence-corrected chi connectivity index (χ1v) is 6.17. The molecule has 1 aromatic heterocycles. The molecule has 1 rings (SSSR count). The summed E-state index contributed by atoms with van der Waals surface area (Å²) in [4.78, 5) is 17.3. The lowest BCUT2D eigenvalue weighted by Crippen LogP contribution is -2.21. The second-order valence-corrected chi connectivity index (χ2v) is 4.34. The van der Waals surface area contributed by atoms with Crippen LogP contribution in [0.4, 0.5) is 5.82 Å². The smallest absolute Gasteiger partial charge is 0.254 e. The summed E-state index contributed by atoms with van der Waals surface area (Å²) in [5.41, 5.74) is 0.589. The Morgan fingerprint density at radius 1 is 1.33 bits per heavy atom. The summed E-state index contributed by atoms with van der Waals surface area (Å²) < 4.78 is 0. The number of hydrogen-bond acceptors (Lipinski definition) is 4. The predicted molar refractivity (Wildman–Crippen MR) is 71.7 cm³/mol. The maximum atomic E-state index is 11.6. The van der Waals surface area contributed by atoms with Gasteiger partial charge in [0.2, 0.25) is 0 Å². The van der Waals surface area contributed by atoms with Crippen molar-refractivity contribution in [2.24, 2.45) is 0 Å². The van der Waals surface area contributed by atoms with Crippen LogP contribution in [0.3, 0.4) is 0 Å². The van der Waals surface area contributed by atoms with Gasteiger partial charge in [-0.2, -0.15) is 0 Å². The number of carbonyl (C=O) groups is 1. The number of amides is 1. The molecule has 0 aliphatic rings. The number of aliphatic hydroxyl groups is 1. The van der Waals surface area contributed by atoms with Crippen molar-refractivity contribution >= 4 is 11.7 Å². The van der Waals surface area contributed by atoms with Gasteiger partial charge < -0.3 is 15.3 Å². The average Bonchev–Trinajstić information content (AvgIpc) is 2.38. The van der Waals surface area contributed by atoms with E-state index in [0.29, 0.717) is 5.56 Å². The Hall–Kier alpha value is -1.62.